The van der Waals surface area contributed by atoms with E-state index in [0.29, 0.717) is 5.11 Å². The molecule has 0 radical (unpaired) electrons. The van der Waals surface area contributed by atoms with Crippen molar-refractivity contribution < 1.29 is 4.74 Å². The van der Waals surface area contributed by atoms with E-state index in [1.54, 1.807) is 0 Å². The van der Waals surface area contributed by atoms with Crippen molar-refractivity contribution in [2.24, 2.45) is 0 Å². The first-order chi connectivity index (χ1) is 8.74. The molecule has 0 saturated carbocycles. The van der Waals surface area contributed by atoms with Crippen LogP contribution in [0.4, 0.5) is 5.69 Å². The average molecular weight is 265 g/mol. The molecular formula is C13H19N3OS. The van der Waals surface area contributed by atoms with Gasteiger partial charge in [-0.2, -0.15) is 0 Å². The number of nitrogens with zero attached hydrogens (tertiary/aromatic N) is 1. The molecule has 1 unspecified atom stereocenters. The zero-order valence-corrected chi connectivity index (χ0v) is 11.4. The van der Waals surface area contributed by atoms with Gasteiger partial charge in [0, 0.05) is 25.3 Å². The largest absolute Gasteiger partial charge is 0.374 e. The number of rotatable bonds is 3. The smallest absolute Gasteiger partial charge is 0.170 e. The Morgan fingerprint density at radius 2 is 2.22 bits per heavy atom. The Bertz CT molecular complexity index is 385. The Hall–Kier alpha value is -1.17. The summed E-state index contributed by atoms with van der Waals surface area (Å²) in [5, 5.41) is 6.97. The first-order valence-electron chi connectivity index (χ1n) is 6.14. The number of anilines is 1. The van der Waals surface area contributed by atoms with Crippen LogP contribution in [0.15, 0.2) is 30.3 Å². The molecule has 1 atom stereocenters. The van der Waals surface area contributed by atoms with Crippen LogP contribution in [0.1, 0.15) is 0 Å². The third-order valence-electron chi connectivity index (χ3n) is 2.86. The van der Waals surface area contributed by atoms with Gasteiger partial charge in [-0.05, 0) is 31.4 Å². The molecule has 1 aromatic carbocycles. The van der Waals surface area contributed by atoms with Crippen LogP contribution in [-0.4, -0.2) is 49.4 Å². The SMILES string of the molecule is CN1CCOC(CNC(=S)Nc2ccccc2)C1. The quantitative estimate of drug-likeness (QED) is 0.806. The second-order valence-electron chi connectivity index (χ2n) is 4.46. The number of likely N-dealkylation sites (N-methyl/N-ethyl adjacent to an activating group) is 1. The minimum atomic E-state index is 0.208. The Balaban J connectivity index is 1.71. The van der Waals surface area contributed by atoms with Crippen molar-refractivity contribution in [2.45, 2.75) is 6.10 Å². The zero-order valence-electron chi connectivity index (χ0n) is 10.6. The van der Waals surface area contributed by atoms with Crippen molar-refractivity contribution in [1.29, 1.82) is 0 Å². The Morgan fingerprint density at radius 1 is 1.44 bits per heavy atom. The van der Waals surface area contributed by atoms with Crippen molar-refractivity contribution in [3.05, 3.63) is 30.3 Å². The van der Waals surface area contributed by atoms with E-state index in [4.69, 9.17) is 17.0 Å². The van der Waals surface area contributed by atoms with Gasteiger partial charge in [-0.1, -0.05) is 18.2 Å². The predicted octanol–water partition coefficient (Wildman–Crippen LogP) is 1.30. The van der Waals surface area contributed by atoms with Crippen LogP contribution < -0.4 is 10.6 Å². The molecule has 1 aromatic rings. The fraction of sp³-hybridized carbons (Fsp3) is 0.462. The number of hydrogen-bond donors (Lipinski definition) is 2. The van der Waals surface area contributed by atoms with Crippen LogP contribution in [0.3, 0.4) is 0 Å². The summed E-state index contributed by atoms with van der Waals surface area (Å²) in [6.45, 7) is 3.48. The maximum atomic E-state index is 5.66. The van der Waals surface area contributed by atoms with Gasteiger partial charge in [0.15, 0.2) is 5.11 Å². The summed E-state index contributed by atoms with van der Waals surface area (Å²) in [5.41, 5.74) is 0.997. The van der Waals surface area contributed by atoms with Crippen molar-refractivity contribution in [2.75, 3.05) is 38.6 Å². The summed E-state index contributed by atoms with van der Waals surface area (Å²) >= 11 is 5.24. The predicted molar refractivity (Wildman–Crippen MR) is 77.9 cm³/mol. The monoisotopic (exact) mass is 265 g/mol. The van der Waals surface area contributed by atoms with Gasteiger partial charge in [-0.3, -0.25) is 0 Å². The molecule has 0 bridgehead atoms. The zero-order chi connectivity index (χ0) is 12.8. The summed E-state index contributed by atoms with van der Waals surface area (Å²) in [4.78, 5) is 2.27. The molecule has 1 fully saturated rings. The van der Waals surface area contributed by atoms with Gasteiger partial charge in [0.2, 0.25) is 0 Å². The summed E-state index contributed by atoms with van der Waals surface area (Å²) in [6, 6.07) is 9.90. The van der Waals surface area contributed by atoms with Crippen LogP contribution >= 0.6 is 12.2 Å². The number of ether oxygens (including phenoxy) is 1. The van der Waals surface area contributed by atoms with Crippen molar-refractivity contribution >= 4 is 23.0 Å². The fourth-order valence-electron chi connectivity index (χ4n) is 1.89. The number of morpholine rings is 1. The van der Waals surface area contributed by atoms with E-state index in [0.717, 1.165) is 31.9 Å². The van der Waals surface area contributed by atoms with Gasteiger partial charge in [-0.15, -0.1) is 0 Å². The van der Waals surface area contributed by atoms with E-state index < -0.39 is 0 Å². The van der Waals surface area contributed by atoms with Gasteiger partial charge < -0.3 is 20.3 Å². The van der Waals surface area contributed by atoms with Gasteiger partial charge in [-0.25, -0.2) is 0 Å². The summed E-state index contributed by atoms with van der Waals surface area (Å²) in [7, 11) is 2.11. The summed E-state index contributed by atoms with van der Waals surface area (Å²) < 4.78 is 5.66. The molecule has 1 aliphatic rings. The number of para-hydroxylation sites is 1. The average Bonchev–Trinajstić information content (AvgIpc) is 2.38. The summed E-state index contributed by atoms with van der Waals surface area (Å²) in [5.74, 6) is 0. The lowest BCUT2D eigenvalue weighted by Gasteiger charge is -2.30. The van der Waals surface area contributed by atoms with E-state index in [1.165, 1.54) is 0 Å². The second kappa shape index (κ2) is 6.68. The standard InChI is InChI=1S/C13H19N3OS/c1-16-7-8-17-12(10-16)9-14-13(18)15-11-5-3-2-4-6-11/h2-6,12H,7-10H2,1H3,(H2,14,15,18). The molecule has 2 rings (SSSR count). The Morgan fingerprint density at radius 3 is 2.94 bits per heavy atom. The fourth-order valence-corrected chi connectivity index (χ4v) is 2.09. The number of nitrogens with one attached hydrogen (secondary N) is 2. The molecule has 0 spiro atoms. The molecule has 98 valence electrons. The van der Waals surface area contributed by atoms with Gasteiger partial charge in [0.25, 0.3) is 0 Å². The first-order valence-corrected chi connectivity index (χ1v) is 6.55. The van der Waals surface area contributed by atoms with E-state index in [2.05, 4.69) is 22.6 Å². The van der Waals surface area contributed by atoms with Gasteiger partial charge in [0.1, 0.15) is 0 Å². The van der Waals surface area contributed by atoms with E-state index in [9.17, 15) is 0 Å². The summed E-state index contributed by atoms with van der Waals surface area (Å²) in [6.07, 6.45) is 0.208. The maximum Gasteiger partial charge on any atom is 0.170 e. The van der Waals surface area contributed by atoms with E-state index >= 15 is 0 Å². The molecular weight excluding hydrogens is 246 g/mol. The highest BCUT2D eigenvalue weighted by atomic mass is 32.1. The maximum absolute atomic E-state index is 5.66. The van der Waals surface area contributed by atoms with Crippen molar-refractivity contribution in [1.82, 2.24) is 10.2 Å². The molecule has 18 heavy (non-hydrogen) atoms. The minimum Gasteiger partial charge on any atom is -0.374 e. The topological polar surface area (TPSA) is 36.5 Å². The van der Waals surface area contributed by atoms with Gasteiger partial charge in [0.05, 0.1) is 12.7 Å². The number of benzene rings is 1. The molecule has 0 aromatic heterocycles. The molecule has 0 aliphatic carbocycles. The lowest BCUT2D eigenvalue weighted by atomic mass is 10.3. The number of thiocarbonyl (C=S) groups is 1. The minimum absolute atomic E-state index is 0.208. The molecule has 5 heteroatoms. The van der Waals surface area contributed by atoms with Crippen molar-refractivity contribution in [3.63, 3.8) is 0 Å². The van der Waals surface area contributed by atoms with Crippen LogP contribution in [0.25, 0.3) is 0 Å². The van der Waals surface area contributed by atoms with E-state index in [1.807, 2.05) is 30.3 Å². The number of hydrogen-bond acceptors (Lipinski definition) is 3. The lowest BCUT2D eigenvalue weighted by Crippen LogP contribution is -2.46. The third-order valence-corrected chi connectivity index (χ3v) is 3.11. The highest BCUT2D eigenvalue weighted by Gasteiger charge is 2.17. The molecule has 1 aliphatic heterocycles. The van der Waals surface area contributed by atoms with Crippen LogP contribution in [0.5, 0.6) is 0 Å². The molecule has 4 nitrogen and oxygen atoms in total. The molecule has 1 saturated heterocycles. The molecule has 1 heterocycles. The Labute approximate surface area is 113 Å². The highest BCUT2D eigenvalue weighted by Crippen LogP contribution is 2.05. The highest BCUT2D eigenvalue weighted by molar-refractivity contribution is 7.80. The lowest BCUT2D eigenvalue weighted by molar-refractivity contribution is -0.0159. The Kier molecular flexibility index (Phi) is 4.92. The normalized spacial score (nSPS) is 20.4. The second-order valence-corrected chi connectivity index (χ2v) is 4.86. The van der Waals surface area contributed by atoms with Crippen LogP contribution in [-0.2, 0) is 4.74 Å². The molecule has 2 N–H and O–H groups in total. The third kappa shape index (κ3) is 4.25. The van der Waals surface area contributed by atoms with Crippen LogP contribution in [0.2, 0.25) is 0 Å². The first kappa shape index (κ1) is 13.3. The van der Waals surface area contributed by atoms with Crippen molar-refractivity contribution in [3.8, 4) is 0 Å². The van der Waals surface area contributed by atoms with Crippen LogP contribution in [0, 0.1) is 0 Å². The van der Waals surface area contributed by atoms with Gasteiger partial charge >= 0.3 is 0 Å². The molecule has 0 amide bonds. The van der Waals surface area contributed by atoms with E-state index in [-0.39, 0.29) is 6.10 Å².